The van der Waals surface area contributed by atoms with E-state index in [1.807, 2.05) is 0 Å². The number of amides is 2. The molecule has 0 aromatic carbocycles. The molecule has 262 valence electrons. The van der Waals surface area contributed by atoms with Crippen molar-refractivity contribution < 1.29 is 9.59 Å². The topological polar surface area (TPSA) is 58.2 Å². The Balaban J connectivity index is 3.98. The van der Waals surface area contributed by atoms with Crippen LogP contribution >= 0.6 is 0 Å². The van der Waals surface area contributed by atoms with E-state index in [2.05, 4.69) is 24.5 Å². The van der Waals surface area contributed by atoms with Crippen LogP contribution in [-0.2, 0) is 9.59 Å². The van der Waals surface area contributed by atoms with Gasteiger partial charge in [0.2, 0.25) is 11.8 Å². The minimum atomic E-state index is 0.0424. The molecule has 2 atom stereocenters. The maximum absolute atomic E-state index is 12.6. The number of hydrogen-bond acceptors (Lipinski definition) is 2. The normalized spacial score (nSPS) is 12.7. The molecule has 0 aromatic rings. The van der Waals surface area contributed by atoms with Crippen LogP contribution in [0.1, 0.15) is 219 Å². The van der Waals surface area contributed by atoms with Gasteiger partial charge in [-0.25, -0.2) is 0 Å². The van der Waals surface area contributed by atoms with Crippen molar-refractivity contribution in [3.63, 3.8) is 0 Å². The Morgan fingerprint density at radius 1 is 0.341 bits per heavy atom. The number of carbonyl (C=O) groups excluding carboxylic acids is 2. The van der Waals surface area contributed by atoms with E-state index in [1.165, 1.54) is 167 Å². The fourth-order valence-electron chi connectivity index (χ4n) is 6.79. The Morgan fingerprint density at radius 3 is 0.750 bits per heavy atom. The van der Waals surface area contributed by atoms with Crippen molar-refractivity contribution in [2.24, 2.45) is 11.8 Å². The third-order valence-electron chi connectivity index (χ3n) is 9.91. The standard InChI is InChI=1S/C40H80N2O2/c1-5-7-9-11-13-15-17-19-21-23-25-27-29-31-33-37(39(43)41-3)35-36-38(40(44)42-4)34-32-30-28-26-24-22-20-18-16-14-12-10-8-6-2/h37-38H,5-36H2,1-4H3,(H,41,43)(H,42,44). The van der Waals surface area contributed by atoms with Crippen LogP contribution in [0.5, 0.6) is 0 Å². The number of hydrogen-bond donors (Lipinski definition) is 2. The highest BCUT2D eigenvalue weighted by Gasteiger charge is 2.22. The molecular weight excluding hydrogens is 540 g/mol. The molecule has 2 amide bonds. The Hall–Kier alpha value is -1.06. The Kier molecular flexibility index (Phi) is 34.0. The third-order valence-corrected chi connectivity index (χ3v) is 9.91. The summed E-state index contributed by atoms with van der Waals surface area (Å²) in [6.07, 6.45) is 41.5. The molecule has 0 rings (SSSR count). The minimum Gasteiger partial charge on any atom is -0.359 e. The first-order valence-electron chi connectivity index (χ1n) is 20.0. The second-order valence-corrected chi connectivity index (χ2v) is 14.0. The van der Waals surface area contributed by atoms with Crippen LogP contribution < -0.4 is 10.6 Å². The van der Waals surface area contributed by atoms with E-state index >= 15 is 0 Å². The van der Waals surface area contributed by atoms with Crippen LogP contribution in [-0.4, -0.2) is 25.9 Å². The summed E-state index contributed by atoms with van der Waals surface area (Å²) in [4.78, 5) is 25.2. The average Bonchev–Trinajstić information content (AvgIpc) is 3.04. The summed E-state index contributed by atoms with van der Waals surface area (Å²) >= 11 is 0. The maximum atomic E-state index is 12.6. The zero-order valence-corrected chi connectivity index (χ0v) is 30.6. The molecule has 0 fully saturated rings. The van der Waals surface area contributed by atoms with Gasteiger partial charge in [-0.3, -0.25) is 9.59 Å². The fourth-order valence-corrected chi connectivity index (χ4v) is 6.79. The van der Waals surface area contributed by atoms with E-state index < -0.39 is 0 Å². The second kappa shape index (κ2) is 34.8. The monoisotopic (exact) mass is 621 g/mol. The maximum Gasteiger partial charge on any atom is 0.222 e. The van der Waals surface area contributed by atoms with Crippen molar-refractivity contribution >= 4 is 11.8 Å². The lowest BCUT2D eigenvalue weighted by atomic mass is 9.88. The van der Waals surface area contributed by atoms with Crippen molar-refractivity contribution in [2.45, 2.75) is 219 Å². The lowest BCUT2D eigenvalue weighted by molar-refractivity contribution is -0.127. The van der Waals surface area contributed by atoms with Crippen LogP contribution in [0, 0.1) is 11.8 Å². The van der Waals surface area contributed by atoms with Gasteiger partial charge in [0.1, 0.15) is 0 Å². The van der Waals surface area contributed by atoms with Gasteiger partial charge in [0, 0.05) is 25.9 Å². The van der Waals surface area contributed by atoms with Gasteiger partial charge in [0.05, 0.1) is 0 Å². The second-order valence-electron chi connectivity index (χ2n) is 14.0. The van der Waals surface area contributed by atoms with E-state index in [0.29, 0.717) is 0 Å². The molecule has 0 aromatic heterocycles. The summed E-state index contributed by atoms with van der Waals surface area (Å²) in [6, 6.07) is 0. The molecule has 0 saturated carbocycles. The Morgan fingerprint density at radius 2 is 0.545 bits per heavy atom. The number of carbonyl (C=O) groups is 2. The highest BCUT2D eigenvalue weighted by molar-refractivity contribution is 5.79. The number of rotatable bonds is 35. The largest absolute Gasteiger partial charge is 0.359 e. The summed E-state index contributed by atoms with van der Waals surface area (Å²) in [7, 11) is 3.51. The molecule has 0 bridgehead atoms. The van der Waals surface area contributed by atoms with Crippen molar-refractivity contribution in [1.82, 2.24) is 10.6 Å². The SMILES string of the molecule is CCCCCCCCCCCCCCCCC(CCC(CCCCCCCCCCCCCCCC)C(=O)NC)C(=O)NC. The third kappa shape index (κ3) is 28.4. The molecule has 0 saturated heterocycles. The van der Waals surface area contributed by atoms with Gasteiger partial charge >= 0.3 is 0 Å². The highest BCUT2D eigenvalue weighted by atomic mass is 16.2. The van der Waals surface area contributed by atoms with E-state index in [0.717, 1.165) is 38.5 Å². The van der Waals surface area contributed by atoms with Crippen LogP contribution in [0.25, 0.3) is 0 Å². The fraction of sp³-hybridized carbons (Fsp3) is 0.950. The average molecular weight is 621 g/mol. The molecule has 0 spiro atoms. The van der Waals surface area contributed by atoms with Gasteiger partial charge in [-0.1, -0.05) is 194 Å². The molecule has 2 N–H and O–H groups in total. The quantitative estimate of drug-likeness (QED) is 0.0692. The zero-order valence-electron chi connectivity index (χ0n) is 30.6. The first-order valence-corrected chi connectivity index (χ1v) is 20.0. The Bertz CT molecular complexity index is 556. The molecule has 0 radical (unpaired) electrons. The summed E-state index contributed by atoms with van der Waals surface area (Å²) < 4.78 is 0. The van der Waals surface area contributed by atoms with Crippen LogP contribution in [0.3, 0.4) is 0 Å². The number of nitrogens with one attached hydrogen (secondary N) is 2. The summed E-state index contributed by atoms with van der Waals surface area (Å²) in [5, 5.41) is 5.78. The number of unbranched alkanes of at least 4 members (excludes halogenated alkanes) is 26. The molecule has 4 heteroatoms. The van der Waals surface area contributed by atoms with Crippen molar-refractivity contribution in [3.05, 3.63) is 0 Å². The molecule has 44 heavy (non-hydrogen) atoms. The Labute approximate surface area is 276 Å². The van der Waals surface area contributed by atoms with E-state index in [-0.39, 0.29) is 23.7 Å². The summed E-state index contributed by atoms with van der Waals surface area (Å²) in [5.41, 5.74) is 0. The van der Waals surface area contributed by atoms with Crippen LogP contribution in [0.4, 0.5) is 0 Å². The molecule has 0 aliphatic heterocycles. The molecule has 0 aliphatic rings. The highest BCUT2D eigenvalue weighted by Crippen LogP contribution is 2.24. The lowest BCUT2D eigenvalue weighted by Crippen LogP contribution is -2.31. The van der Waals surface area contributed by atoms with E-state index in [1.54, 1.807) is 14.1 Å². The molecular formula is C40H80N2O2. The van der Waals surface area contributed by atoms with Crippen LogP contribution in [0.2, 0.25) is 0 Å². The van der Waals surface area contributed by atoms with Gasteiger partial charge in [0.15, 0.2) is 0 Å². The van der Waals surface area contributed by atoms with Gasteiger partial charge in [-0.15, -0.1) is 0 Å². The summed E-state index contributed by atoms with van der Waals surface area (Å²) in [6.45, 7) is 4.57. The van der Waals surface area contributed by atoms with E-state index in [9.17, 15) is 9.59 Å². The smallest absolute Gasteiger partial charge is 0.222 e. The van der Waals surface area contributed by atoms with E-state index in [4.69, 9.17) is 0 Å². The first-order chi connectivity index (χ1) is 21.6. The van der Waals surface area contributed by atoms with Gasteiger partial charge in [-0.2, -0.15) is 0 Å². The van der Waals surface area contributed by atoms with Crippen LogP contribution in [0.15, 0.2) is 0 Å². The lowest BCUT2D eigenvalue weighted by Gasteiger charge is -2.20. The molecule has 0 aliphatic carbocycles. The van der Waals surface area contributed by atoms with Gasteiger partial charge < -0.3 is 10.6 Å². The molecule has 2 unspecified atom stereocenters. The molecule has 4 nitrogen and oxygen atoms in total. The van der Waals surface area contributed by atoms with Gasteiger partial charge in [0.25, 0.3) is 0 Å². The predicted octanol–water partition coefficient (Wildman–Crippen LogP) is 12.2. The predicted molar refractivity (Wildman–Crippen MR) is 194 cm³/mol. The van der Waals surface area contributed by atoms with Gasteiger partial charge in [-0.05, 0) is 25.7 Å². The summed E-state index contributed by atoms with van der Waals surface area (Å²) in [5.74, 6) is 0.403. The minimum absolute atomic E-state index is 0.0424. The van der Waals surface area contributed by atoms with Crippen molar-refractivity contribution in [1.29, 1.82) is 0 Å². The zero-order chi connectivity index (χ0) is 32.4. The first kappa shape index (κ1) is 42.9. The van der Waals surface area contributed by atoms with Crippen molar-refractivity contribution in [3.8, 4) is 0 Å². The van der Waals surface area contributed by atoms with Crippen molar-refractivity contribution in [2.75, 3.05) is 14.1 Å². The molecule has 0 heterocycles.